The molecule has 2 amide bonds. The minimum Gasteiger partial charge on any atom is -0.366 e. The van der Waals surface area contributed by atoms with Crippen LogP contribution in [0, 0.1) is 12.8 Å². The number of nitrogens with two attached hydrogens (primary N) is 1. The largest absolute Gasteiger partial charge is 0.366 e. The number of carbonyl (C=O) groups is 2. The van der Waals surface area contributed by atoms with Gasteiger partial charge in [0.15, 0.2) is 0 Å². The van der Waals surface area contributed by atoms with Gasteiger partial charge in [0.1, 0.15) is 6.04 Å². The Morgan fingerprint density at radius 1 is 1.00 bits per heavy atom. The summed E-state index contributed by atoms with van der Waals surface area (Å²) in [6.07, 6.45) is 0.330. The topological polar surface area (TPSA) is 118 Å². The normalized spacial score (nSPS) is 12.6. The quantitative estimate of drug-likeness (QED) is 0.627. The van der Waals surface area contributed by atoms with Crippen LogP contribution >= 0.6 is 0 Å². The van der Waals surface area contributed by atoms with E-state index in [1.807, 2.05) is 20.8 Å². The van der Waals surface area contributed by atoms with Crippen molar-refractivity contribution in [3.8, 4) is 0 Å². The van der Waals surface area contributed by atoms with Gasteiger partial charge in [0.2, 0.25) is 21.8 Å². The van der Waals surface area contributed by atoms with Crippen molar-refractivity contribution in [2.24, 2.45) is 11.7 Å². The van der Waals surface area contributed by atoms with Crippen LogP contribution in [0.2, 0.25) is 0 Å². The first-order valence-corrected chi connectivity index (χ1v) is 10.4. The molecule has 2 rings (SSSR count). The fourth-order valence-electron chi connectivity index (χ4n) is 2.60. The monoisotopic (exact) mass is 403 g/mol. The van der Waals surface area contributed by atoms with E-state index >= 15 is 0 Å². The van der Waals surface area contributed by atoms with Crippen LogP contribution in [-0.2, 0) is 14.8 Å². The van der Waals surface area contributed by atoms with Gasteiger partial charge in [-0.25, -0.2) is 8.42 Å². The number of aryl methyl sites for hydroxylation is 1. The maximum absolute atomic E-state index is 12.7. The predicted octanol–water partition coefficient (Wildman–Crippen LogP) is 2.43. The van der Waals surface area contributed by atoms with Crippen LogP contribution < -0.4 is 15.8 Å². The fourth-order valence-corrected chi connectivity index (χ4v) is 3.81. The number of carbonyl (C=O) groups excluding carboxylic acids is 2. The Kier molecular flexibility index (Phi) is 6.93. The summed E-state index contributed by atoms with van der Waals surface area (Å²) in [7, 11) is -3.85. The minimum atomic E-state index is -3.85. The SMILES string of the molecule is Cc1ccc(S(=O)(=O)N[C@@H](CC(C)C)C(=O)Nc2ccc(C(N)=O)cc2)cc1. The van der Waals surface area contributed by atoms with Gasteiger partial charge < -0.3 is 11.1 Å². The number of rotatable bonds is 8. The van der Waals surface area contributed by atoms with E-state index in [1.165, 1.54) is 24.3 Å². The molecule has 0 bridgehead atoms. The molecule has 2 aromatic rings. The van der Waals surface area contributed by atoms with Crippen molar-refractivity contribution >= 4 is 27.5 Å². The van der Waals surface area contributed by atoms with Crippen molar-refractivity contribution < 1.29 is 18.0 Å². The van der Waals surface area contributed by atoms with E-state index in [4.69, 9.17) is 5.73 Å². The molecule has 7 nitrogen and oxygen atoms in total. The molecule has 28 heavy (non-hydrogen) atoms. The highest BCUT2D eigenvalue weighted by Gasteiger charge is 2.26. The van der Waals surface area contributed by atoms with Gasteiger partial charge in [-0.15, -0.1) is 0 Å². The first-order valence-electron chi connectivity index (χ1n) is 8.88. The standard InChI is InChI=1S/C20H25N3O4S/c1-13(2)12-18(23-28(26,27)17-10-4-14(3)5-11-17)20(25)22-16-8-6-15(7-9-16)19(21)24/h4-11,13,18,23H,12H2,1-3H3,(H2,21,24)(H,22,25)/t18-/m0/s1. The van der Waals surface area contributed by atoms with E-state index in [2.05, 4.69) is 10.0 Å². The van der Waals surface area contributed by atoms with Crippen LogP contribution in [0.1, 0.15) is 36.2 Å². The summed E-state index contributed by atoms with van der Waals surface area (Å²) in [5.74, 6) is -0.952. The van der Waals surface area contributed by atoms with Crippen LogP contribution in [0.4, 0.5) is 5.69 Å². The summed E-state index contributed by atoms with van der Waals surface area (Å²) in [4.78, 5) is 23.9. The van der Waals surface area contributed by atoms with Gasteiger partial charge in [-0.2, -0.15) is 4.72 Å². The van der Waals surface area contributed by atoms with E-state index in [1.54, 1.807) is 24.3 Å². The molecule has 0 aromatic heterocycles. The molecular formula is C20H25N3O4S. The summed E-state index contributed by atoms with van der Waals surface area (Å²) >= 11 is 0. The Morgan fingerprint density at radius 3 is 2.07 bits per heavy atom. The van der Waals surface area contributed by atoms with E-state index in [-0.39, 0.29) is 10.8 Å². The zero-order valence-electron chi connectivity index (χ0n) is 16.1. The number of primary amides is 1. The highest BCUT2D eigenvalue weighted by atomic mass is 32.2. The van der Waals surface area contributed by atoms with E-state index in [9.17, 15) is 18.0 Å². The smallest absolute Gasteiger partial charge is 0.248 e. The zero-order valence-corrected chi connectivity index (χ0v) is 16.9. The molecule has 150 valence electrons. The van der Waals surface area contributed by atoms with Crippen LogP contribution in [0.25, 0.3) is 0 Å². The second-order valence-corrected chi connectivity index (χ2v) is 8.76. The van der Waals surface area contributed by atoms with E-state index in [0.717, 1.165) is 5.56 Å². The van der Waals surface area contributed by atoms with Crippen molar-refractivity contribution in [3.05, 3.63) is 59.7 Å². The molecule has 0 spiro atoms. The van der Waals surface area contributed by atoms with Crippen molar-refractivity contribution in [1.82, 2.24) is 4.72 Å². The molecule has 8 heteroatoms. The van der Waals surface area contributed by atoms with Gasteiger partial charge in [0.25, 0.3) is 0 Å². The fraction of sp³-hybridized carbons (Fsp3) is 0.300. The summed E-state index contributed by atoms with van der Waals surface area (Å²) in [6.45, 7) is 5.67. The van der Waals surface area contributed by atoms with Crippen LogP contribution in [0.5, 0.6) is 0 Å². The van der Waals surface area contributed by atoms with Crippen molar-refractivity contribution in [3.63, 3.8) is 0 Å². The molecule has 0 saturated carbocycles. The van der Waals surface area contributed by atoms with Gasteiger partial charge in [0.05, 0.1) is 4.90 Å². The molecule has 0 heterocycles. The lowest BCUT2D eigenvalue weighted by atomic mass is 10.0. The van der Waals surface area contributed by atoms with Gasteiger partial charge in [-0.05, 0) is 55.7 Å². The second-order valence-electron chi connectivity index (χ2n) is 7.05. The van der Waals surface area contributed by atoms with Gasteiger partial charge >= 0.3 is 0 Å². The first kappa shape index (κ1) is 21.6. The molecule has 0 radical (unpaired) electrons. The van der Waals surface area contributed by atoms with Crippen LogP contribution in [0.3, 0.4) is 0 Å². The molecule has 1 atom stereocenters. The lowest BCUT2D eigenvalue weighted by Gasteiger charge is -2.20. The average Bonchev–Trinajstić information content (AvgIpc) is 2.61. The highest BCUT2D eigenvalue weighted by molar-refractivity contribution is 7.89. The first-order chi connectivity index (χ1) is 13.1. The third kappa shape index (κ3) is 5.90. The number of sulfonamides is 1. The third-order valence-electron chi connectivity index (χ3n) is 4.09. The van der Waals surface area contributed by atoms with E-state index in [0.29, 0.717) is 17.7 Å². The number of benzene rings is 2. The lowest BCUT2D eigenvalue weighted by molar-refractivity contribution is -0.118. The molecule has 0 aliphatic carbocycles. The van der Waals surface area contributed by atoms with Crippen LogP contribution in [-0.4, -0.2) is 26.3 Å². The number of amides is 2. The second kappa shape index (κ2) is 8.99. The molecule has 0 saturated heterocycles. The molecule has 0 aliphatic heterocycles. The Morgan fingerprint density at radius 2 is 1.57 bits per heavy atom. The zero-order chi connectivity index (χ0) is 20.9. The number of hydrogen-bond acceptors (Lipinski definition) is 4. The van der Waals surface area contributed by atoms with Crippen molar-refractivity contribution in [1.29, 1.82) is 0 Å². The van der Waals surface area contributed by atoms with Crippen LogP contribution in [0.15, 0.2) is 53.4 Å². The number of nitrogens with one attached hydrogen (secondary N) is 2. The summed E-state index contributed by atoms with van der Waals surface area (Å²) in [5, 5.41) is 2.68. The average molecular weight is 404 g/mol. The molecule has 0 fully saturated rings. The van der Waals surface area contributed by atoms with Gasteiger partial charge in [0, 0.05) is 11.3 Å². The lowest BCUT2D eigenvalue weighted by Crippen LogP contribution is -2.44. The van der Waals surface area contributed by atoms with Gasteiger partial charge in [-0.3, -0.25) is 9.59 Å². The molecule has 2 aromatic carbocycles. The third-order valence-corrected chi connectivity index (χ3v) is 5.58. The maximum Gasteiger partial charge on any atom is 0.248 e. The van der Waals surface area contributed by atoms with E-state index < -0.39 is 27.9 Å². The number of anilines is 1. The minimum absolute atomic E-state index is 0.0914. The van der Waals surface area contributed by atoms with Crippen molar-refractivity contribution in [2.45, 2.75) is 38.1 Å². The Labute approximate surface area is 165 Å². The van der Waals surface area contributed by atoms with Crippen molar-refractivity contribution in [2.75, 3.05) is 5.32 Å². The highest BCUT2D eigenvalue weighted by Crippen LogP contribution is 2.15. The maximum atomic E-state index is 12.7. The Hall–Kier alpha value is -2.71. The molecule has 0 aliphatic rings. The summed E-state index contributed by atoms with van der Waals surface area (Å²) in [5.41, 5.74) is 6.90. The predicted molar refractivity (Wildman–Crippen MR) is 108 cm³/mol. The molecule has 0 unspecified atom stereocenters. The molecule has 4 N–H and O–H groups in total. The van der Waals surface area contributed by atoms with Gasteiger partial charge in [-0.1, -0.05) is 31.5 Å². The Balaban J connectivity index is 2.18. The summed E-state index contributed by atoms with van der Waals surface area (Å²) < 4.78 is 27.8. The summed E-state index contributed by atoms with van der Waals surface area (Å²) in [6, 6.07) is 11.5. The number of hydrogen-bond donors (Lipinski definition) is 3. The Bertz CT molecular complexity index is 936. The molecular weight excluding hydrogens is 378 g/mol.